The van der Waals surface area contributed by atoms with Gasteiger partial charge in [-0.25, -0.2) is 12.4 Å². The fourth-order valence-electron chi connectivity index (χ4n) is 2.88. The normalized spacial score (nSPS) is 11.2. The number of pyridine rings is 1. The first kappa shape index (κ1) is 18.6. The third-order valence-electron chi connectivity index (χ3n) is 4.34. The summed E-state index contributed by atoms with van der Waals surface area (Å²) in [4.78, 5) is 16.4. The van der Waals surface area contributed by atoms with Gasteiger partial charge in [0, 0.05) is 18.6 Å². The van der Waals surface area contributed by atoms with Crippen LogP contribution in [-0.4, -0.2) is 23.3 Å². The van der Waals surface area contributed by atoms with Crippen molar-refractivity contribution in [2.24, 2.45) is 0 Å². The highest BCUT2D eigenvalue weighted by atomic mass is 32.2. The minimum Gasteiger partial charge on any atom is -0.319 e. The zero-order valence-electron chi connectivity index (χ0n) is 15.3. The van der Waals surface area contributed by atoms with E-state index < -0.39 is 15.9 Å². The van der Waals surface area contributed by atoms with E-state index in [1.54, 1.807) is 36.4 Å². The average molecular weight is 403 g/mol. The zero-order chi connectivity index (χ0) is 20.3. The predicted octanol–water partition coefficient (Wildman–Crippen LogP) is 4.04. The Labute approximate surface area is 168 Å². The molecule has 0 unspecified atom stereocenters. The molecule has 0 spiro atoms. The van der Waals surface area contributed by atoms with Crippen LogP contribution in [0.5, 0.6) is 0 Å². The Balaban J connectivity index is 1.60. The highest BCUT2D eigenvalue weighted by molar-refractivity contribution is 7.90. The summed E-state index contributed by atoms with van der Waals surface area (Å²) in [6.07, 6.45) is 4.29. The maximum atomic E-state index is 13.0. The molecule has 6 nitrogen and oxygen atoms in total. The molecule has 1 N–H and O–H groups in total. The van der Waals surface area contributed by atoms with Gasteiger partial charge in [0.2, 0.25) is 0 Å². The lowest BCUT2D eigenvalue weighted by atomic mass is 10.1. The molecular weight excluding hydrogens is 386 g/mol. The number of benzene rings is 2. The fraction of sp³-hybridized carbons (Fsp3) is 0. The number of anilines is 1. The van der Waals surface area contributed by atoms with Crippen molar-refractivity contribution in [2.45, 2.75) is 4.90 Å². The van der Waals surface area contributed by atoms with Gasteiger partial charge in [0.1, 0.15) is 5.69 Å². The lowest BCUT2D eigenvalue weighted by molar-refractivity contribution is 0.102. The molecule has 0 fully saturated rings. The number of amides is 1. The molecule has 29 heavy (non-hydrogen) atoms. The van der Waals surface area contributed by atoms with Crippen LogP contribution in [0.4, 0.5) is 5.69 Å². The number of nitrogens with one attached hydrogen (secondary N) is 1. The van der Waals surface area contributed by atoms with Crippen molar-refractivity contribution in [3.05, 3.63) is 103 Å². The van der Waals surface area contributed by atoms with Crippen molar-refractivity contribution in [3.8, 4) is 11.1 Å². The van der Waals surface area contributed by atoms with Crippen LogP contribution < -0.4 is 5.32 Å². The van der Waals surface area contributed by atoms with Crippen LogP contribution in [0.3, 0.4) is 0 Å². The molecule has 0 atom stereocenters. The molecule has 0 aliphatic rings. The van der Waals surface area contributed by atoms with Crippen LogP contribution >= 0.6 is 0 Å². The van der Waals surface area contributed by atoms with E-state index in [4.69, 9.17) is 0 Å². The number of carbonyl (C=O) groups excluding carboxylic acids is 1. The molecule has 4 rings (SSSR count). The third-order valence-corrected chi connectivity index (χ3v) is 5.97. The van der Waals surface area contributed by atoms with Crippen molar-refractivity contribution in [1.82, 2.24) is 8.96 Å². The Bertz CT molecular complexity index is 1250. The molecule has 144 valence electrons. The lowest BCUT2D eigenvalue weighted by Crippen LogP contribution is -2.14. The van der Waals surface area contributed by atoms with Crippen molar-refractivity contribution in [3.63, 3.8) is 0 Å². The quantitative estimate of drug-likeness (QED) is 0.545. The van der Waals surface area contributed by atoms with Gasteiger partial charge in [-0.1, -0.05) is 48.5 Å². The minimum absolute atomic E-state index is 0.164. The molecule has 1 amide bonds. The van der Waals surface area contributed by atoms with E-state index in [1.807, 2.05) is 36.4 Å². The number of hydrogen-bond donors (Lipinski definition) is 1. The summed E-state index contributed by atoms with van der Waals surface area (Å²) in [6.45, 7) is 0. The van der Waals surface area contributed by atoms with Gasteiger partial charge in [-0.15, -0.1) is 0 Å². The number of nitrogens with zero attached hydrogens (tertiary/aromatic N) is 2. The molecule has 2 aromatic carbocycles. The summed E-state index contributed by atoms with van der Waals surface area (Å²) < 4.78 is 27.1. The van der Waals surface area contributed by atoms with Gasteiger partial charge in [0.05, 0.1) is 10.6 Å². The van der Waals surface area contributed by atoms with Crippen molar-refractivity contribution in [2.75, 3.05) is 5.32 Å². The van der Waals surface area contributed by atoms with Crippen molar-refractivity contribution in [1.29, 1.82) is 0 Å². The molecule has 2 aromatic heterocycles. The molecule has 4 aromatic rings. The highest BCUT2D eigenvalue weighted by Gasteiger charge is 2.18. The summed E-state index contributed by atoms with van der Waals surface area (Å²) in [5, 5.41) is 2.65. The van der Waals surface area contributed by atoms with Gasteiger partial charge in [-0.05, 0) is 41.5 Å². The van der Waals surface area contributed by atoms with Gasteiger partial charge in [-0.2, -0.15) is 0 Å². The summed E-state index contributed by atoms with van der Waals surface area (Å²) >= 11 is 0. The van der Waals surface area contributed by atoms with Gasteiger partial charge >= 0.3 is 0 Å². The van der Waals surface area contributed by atoms with Crippen LogP contribution in [0, 0.1) is 0 Å². The average Bonchev–Trinajstić information content (AvgIpc) is 3.24. The monoisotopic (exact) mass is 403 g/mol. The Morgan fingerprint density at radius 2 is 1.62 bits per heavy atom. The van der Waals surface area contributed by atoms with E-state index in [0.29, 0.717) is 5.69 Å². The number of rotatable bonds is 5. The van der Waals surface area contributed by atoms with Gasteiger partial charge in [-0.3, -0.25) is 9.78 Å². The maximum absolute atomic E-state index is 13.0. The highest BCUT2D eigenvalue weighted by Crippen LogP contribution is 2.24. The zero-order valence-corrected chi connectivity index (χ0v) is 16.1. The van der Waals surface area contributed by atoms with Crippen molar-refractivity contribution >= 4 is 21.6 Å². The number of aromatic nitrogens is 2. The summed E-state index contributed by atoms with van der Waals surface area (Å²) in [6, 6.07) is 22.8. The molecule has 0 radical (unpaired) electrons. The van der Waals surface area contributed by atoms with Crippen LogP contribution in [0.1, 0.15) is 10.5 Å². The van der Waals surface area contributed by atoms with E-state index >= 15 is 0 Å². The second kappa shape index (κ2) is 7.73. The Kier molecular flexibility index (Phi) is 4.97. The topological polar surface area (TPSA) is 81.1 Å². The van der Waals surface area contributed by atoms with E-state index in [2.05, 4.69) is 10.3 Å². The number of hydrogen-bond acceptors (Lipinski definition) is 4. The predicted molar refractivity (Wildman–Crippen MR) is 111 cm³/mol. The largest absolute Gasteiger partial charge is 0.319 e. The van der Waals surface area contributed by atoms with Gasteiger partial charge < -0.3 is 5.32 Å². The molecular formula is C22H17N3O3S. The fourth-order valence-corrected chi connectivity index (χ4v) is 4.12. The molecule has 7 heteroatoms. The first-order valence-electron chi connectivity index (χ1n) is 8.85. The first-order chi connectivity index (χ1) is 14.0. The van der Waals surface area contributed by atoms with E-state index in [9.17, 15) is 13.2 Å². The molecule has 0 aliphatic carbocycles. The van der Waals surface area contributed by atoms with Gasteiger partial charge in [0.25, 0.3) is 15.9 Å². The van der Waals surface area contributed by atoms with E-state index in [-0.39, 0.29) is 10.6 Å². The lowest BCUT2D eigenvalue weighted by Gasteiger charge is -2.08. The van der Waals surface area contributed by atoms with Crippen LogP contribution in [0.15, 0.2) is 102 Å². The van der Waals surface area contributed by atoms with E-state index in [1.165, 1.54) is 24.7 Å². The molecule has 0 saturated heterocycles. The second-order valence-corrected chi connectivity index (χ2v) is 8.14. The Hall–Kier alpha value is -3.71. The summed E-state index contributed by atoms with van der Waals surface area (Å²) in [5.74, 6) is -0.410. The Morgan fingerprint density at radius 3 is 2.38 bits per heavy atom. The first-order valence-corrected chi connectivity index (χ1v) is 10.3. The van der Waals surface area contributed by atoms with Crippen LogP contribution in [0.25, 0.3) is 11.1 Å². The molecule has 0 aliphatic heterocycles. The number of carbonyl (C=O) groups is 1. The van der Waals surface area contributed by atoms with Gasteiger partial charge in [0.15, 0.2) is 0 Å². The van der Waals surface area contributed by atoms with E-state index in [0.717, 1.165) is 15.1 Å². The SMILES string of the molecule is O=C(Nc1ccn(S(=O)(=O)c2cccc(-c3ccccc3)c2)c1)c1ccccn1. The second-order valence-electron chi connectivity index (χ2n) is 6.30. The standard InChI is InChI=1S/C22H17N3O3S/c26-22(21-11-4-5-13-23-21)24-19-12-14-25(16-19)29(27,28)20-10-6-9-18(15-20)17-7-2-1-3-8-17/h1-16H,(H,24,26). The third kappa shape index (κ3) is 3.95. The summed E-state index contributed by atoms with van der Waals surface area (Å²) in [7, 11) is -3.80. The molecule has 2 heterocycles. The van der Waals surface area contributed by atoms with Crippen molar-refractivity contribution < 1.29 is 13.2 Å². The minimum atomic E-state index is -3.80. The smallest absolute Gasteiger partial charge is 0.274 e. The molecule has 0 saturated carbocycles. The van der Waals surface area contributed by atoms with Crippen LogP contribution in [0.2, 0.25) is 0 Å². The summed E-state index contributed by atoms with van der Waals surface area (Å²) in [5.41, 5.74) is 2.35. The Morgan fingerprint density at radius 1 is 0.862 bits per heavy atom. The van der Waals surface area contributed by atoms with Crippen LogP contribution in [-0.2, 0) is 10.0 Å². The molecule has 0 bridgehead atoms. The maximum Gasteiger partial charge on any atom is 0.274 e.